The van der Waals surface area contributed by atoms with Gasteiger partial charge in [0.15, 0.2) is 5.38 Å². The quantitative estimate of drug-likeness (QED) is 0.622. The third-order valence-electron chi connectivity index (χ3n) is 2.97. The fraction of sp³-hybridized carbons (Fsp3) is 0.385. The molecule has 0 N–H and O–H groups in total. The smallest absolute Gasteiger partial charge is 0.328 e. The topological polar surface area (TPSA) is 46.6 Å². The normalized spacial score (nSPS) is 15.5. The number of hydrogen-bond acceptors (Lipinski definition) is 3. The van der Waals surface area contributed by atoms with Crippen LogP contribution in [0.15, 0.2) is 18.2 Å². The molecule has 0 aliphatic carbocycles. The van der Waals surface area contributed by atoms with Crippen LogP contribution in [-0.4, -0.2) is 25.5 Å². The molecule has 1 aromatic carbocycles. The highest BCUT2D eigenvalue weighted by Gasteiger charge is 2.26. The fourth-order valence-electron chi connectivity index (χ4n) is 2.00. The lowest BCUT2D eigenvalue weighted by Crippen LogP contribution is -2.20. The molecule has 0 fully saturated rings. The number of likely N-dealkylation sites (N-methyl/N-ethyl adjacent to an activating group) is 1. The van der Waals surface area contributed by atoms with Gasteiger partial charge >= 0.3 is 5.97 Å². The van der Waals surface area contributed by atoms with Crippen LogP contribution in [0.3, 0.4) is 0 Å². The predicted octanol–water partition coefficient (Wildman–Crippen LogP) is 2.05. The highest BCUT2D eigenvalue weighted by atomic mass is 35.5. The van der Waals surface area contributed by atoms with Crippen LogP contribution in [0, 0.1) is 0 Å². The summed E-state index contributed by atoms with van der Waals surface area (Å²) in [5.41, 5.74) is 2.43. The van der Waals surface area contributed by atoms with Crippen molar-refractivity contribution >= 4 is 29.2 Å². The highest BCUT2D eigenvalue weighted by Crippen LogP contribution is 2.32. The number of anilines is 1. The molecule has 0 spiro atoms. The average molecular weight is 268 g/mol. The van der Waals surface area contributed by atoms with Crippen LogP contribution < -0.4 is 4.90 Å². The zero-order valence-electron chi connectivity index (χ0n) is 10.3. The number of benzene rings is 1. The van der Waals surface area contributed by atoms with E-state index in [1.807, 2.05) is 6.07 Å². The molecule has 1 unspecified atom stereocenters. The second-order valence-electron chi connectivity index (χ2n) is 4.13. The average Bonchev–Trinajstić information content (AvgIpc) is 2.64. The summed E-state index contributed by atoms with van der Waals surface area (Å²) in [6.07, 6.45) is 0.353. The molecule has 5 heteroatoms. The van der Waals surface area contributed by atoms with Crippen molar-refractivity contribution in [1.29, 1.82) is 0 Å². The summed E-state index contributed by atoms with van der Waals surface area (Å²) in [4.78, 5) is 24.7. The van der Waals surface area contributed by atoms with Gasteiger partial charge in [-0.2, -0.15) is 0 Å². The van der Waals surface area contributed by atoms with E-state index in [4.69, 9.17) is 16.3 Å². The van der Waals surface area contributed by atoms with Gasteiger partial charge in [0.1, 0.15) is 0 Å². The summed E-state index contributed by atoms with van der Waals surface area (Å²) < 4.78 is 4.87. The van der Waals surface area contributed by atoms with Gasteiger partial charge in [-0.1, -0.05) is 12.1 Å². The molecule has 0 aromatic heterocycles. The summed E-state index contributed by atoms with van der Waals surface area (Å²) in [5, 5.41) is -0.823. The van der Waals surface area contributed by atoms with Crippen molar-refractivity contribution in [3.63, 3.8) is 0 Å². The van der Waals surface area contributed by atoms with E-state index in [0.29, 0.717) is 18.6 Å². The molecule has 1 amide bonds. The summed E-state index contributed by atoms with van der Waals surface area (Å²) in [5.74, 6) is -0.416. The molecule has 1 heterocycles. The van der Waals surface area contributed by atoms with Crippen LogP contribution in [0.1, 0.15) is 23.4 Å². The Hall–Kier alpha value is -1.55. The van der Waals surface area contributed by atoms with E-state index in [1.165, 1.54) is 0 Å². The number of carbonyl (C=O) groups excluding carboxylic acids is 2. The third kappa shape index (κ3) is 2.20. The van der Waals surface area contributed by atoms with Crippen molar-refractivity contribution in [3.05, 3.63) is 29.3 Å². The van der Waals surface area contributed by atoms with Crippen molar-refractivity contribution in [2.24, 2.45) is 0 Å². The van der Waals surface area contributed by atoms with Gasteiger partial charge in [-0.3, -0.25) is 9.59 Å². The SMILES string of the molecule is CCOC(=O)C(Cl)c1ccc2c(c1)CC(=O)N2C. The van der Waals surface area contributed by atoms with Gasteiger partial charge < -0.3 is 9.64 Å². The second kappa shape index (κ2) is 4.98. The molecule has 1 atom stereocenters. The number of rotatable bonds is 3. The van der Waals surface area contributed by atoms with Gasteiger partial charge in [0.2, 0.25) is 5.91 Å². The third-order valence-corrected chi connectivity index (χ3v) is 3.40. The summed E-state index contributed by atoms with van der Waals surface area (Å²) in [6, 6.07) is 5.36. The first kappa shape index (κ1) is 12.9. The van der Waals surface area contributed by atoms with Crippen molar-refractivity contribution < 1.29 is 14.3 Å². The molecule has 1 aliphatic rings. The van der Waals surface area contributed by atoms with Gasteiger partial charge in [-0.25, -0.2) is 0 Å². The molecule has 18 heavy (non-hydrogen) atoms. The molecule has 1 aromatic rings. The lowest BCUT2D eigenvalue weighted by Gasteiger charge is -2.12. The zero-order valence-corrected chi connectivity index (χ0v) is 11.0. The minimum Gasteiger partial charge on any atom is -0.465 e. The van der Waals surface area contributed by atoms with Crippen molar-refractivity contribution in [2.75, 3.05) is 18.6 Å². The summed E-state index contributed by atoms with van der Waals surface area (Å²) in [7, 11) is 1.73. The monoisotopic (exact) mass is 267 g/mol. The number of alkyl halides is 1. The van der Waals surface area contributed by atoms with Gasteiger partial charge in [0.05, 0.1) is 13.0 Å². The lowest BCUT2D eigenvalue weighted by molar-refractivity contribution is -0.142. The predicted molar refractivity (Wildman–Crippen MR) is 68.8 cm³/mol. The fourth-order valence-corrected chi connectivity index (χ4v) is 2.20. The van der Waals surface area contributed by atoms with Crippen molar-refractivity contribution in [3.8, 4) is 0 Å². The minimum absolute atomic E-state index is 0.0457. The Morgan fingerprint density at radius 1 is 1.56 bits per heavy atom. The standard InChI is InChI=1S/C13H14ClNO3/c1-3-18-13(17)12(14)8-4-5-10-9(6-8)7-11(16)15(10)2/h4-6,12H,3,7H2,1-2H3. The summed E-state index contributed by atoms with van der Waals surface area (Å²) in [6.45, 7) is 2.03. The number of esters is 1. The Morgan fingerprint density at radius 3 is 2.94 bits per heavy atom. The Morgan fingerprint density at radius 2 is 2.28 bits per heavy atom. The Balaban J connectivity index is 2.25. The van der Waals surface area contributed by atoms with E-state index in [9.17, 15) is 9.59 Å². The first-order valence-electron chi connectivity index (χ1n) is 5.74. The molecule has 96 valence electrons. The number of fused-ring (bicyclic) bond motifs is 1. The van der Waals surface area contributed by atoms with E-state index in [-0.39, 0.29) is 5.91 Å². The summed E-state index contributed by atoms with van der Waals surface area (Å²) >= 11 is 6.04. The van der Waals surface area contributed by atoms with Gasteiger partial charge in [-0.15, -0.1) is 11.6 Å². The van der Waals surface area contributed by atoms with Crippen molar-refractivity contribution in [1.82, 2.24) is 0 Å². The Bertz CT molecular complexity index is 501. The molecule has 4 nitrogen and oxygen atoms in total. The minimum atomic E-state index is -0.823. The van der Waals surface area contributed by atoms with Gasteiger partial charge in [-0.05, 0) is 24.1 Å². The van der Waals surface area contributed by atoms with E-state index < -0.39 is 11.3 Å². The van der Waals surface area contributed by atoms with E-state index in [0.717, 1.165) is 11.3 Å². The van der Waals surface area contributed by atoms with Crippen LogP contribution in [0.5, 0.6) is 0 Å². The van der Waals surface area contributed by atoms with Crippen LogP contribution in [0.4, 0.5) is 5.69 Å². The molecule has 0 saturated heterocycles. The maximum absolute atomic E-state index is 11.5. The highest BCUT2D eigenvalue weighted by molar-refractivity contribution is 6.30. The lowest BCUT2D eigenvalue weighted by atomic mass is 10.1. The van der Waals surface area contributed by atoms with Crippen LogP contribution in [-0.2, 0) is 20.7 Å². The molecule has 0 saturated carbocycles. The van der Waals surface area contributed by atoms with E-state index in [1.54, 1.807) is 31.0 Å². The van der Waals surface area contributed by atoms with E-state index >= 15 is 0 Å². The molecule has 0 radical (unpaired) electrons. The second-order valence-corrected chi connectivity index (χ2v) is 4.57. The largest absolute Gasteiger partial charge is 0.465 e. The zero-order chi connectivity index (χ0) is 13.3. The van der Waals surface area contributed by atoms with Crippen LogP contribution in [0.25, 0.3) is 0 Å². The molecule has 2 rings (SSSR count). The van der Waals surface area contributed by atoms with Gasteiger partial charge in [0, 0.05) is 12.7 Å². The number of hydrogen-bond donors (Lipinski definition) is 0. The Labute approximate surface area is 110 Å². The number of nitrogens with zero attached hydrogens (tertiary/aromatic N) is 1. The number of amides is 1. The van der Waals surface area contributed by atoms with E-state index in [2.05, 4.69) is 0 Å². The number of ether oxygens (including phenoxy) is 1. The van der Waals surface area contributed by atoms with Crippen molar-refractivity contribution in [2.45, 2.75) is 18.7 Å². The maximum Gasteiger partial charge on any atom is 0.328 e. The van der Waals surface area contributed by atoms with Crippen LogP contribution in [0.2, 0.25) is 0 Å². The molecular formula is C13H14ClNO3. The Kier molecular flexibility index (Phi) is 3.57. The number of halogens is 1. The number of carbonyl (C=O) groups is 2. The first-order chi connectivity index (χ1) is 8.54. The van der Waals surface area contributed by atoms with Gasteiger partial charge in [0.25, 0.3) is 0 Å². The molecule has 0 bridgehead atoms. The molecular weight excluding hydrogens is 254 g/mol. The maximum atomic E-state index is 11.5. The molecule has 1 aliphatic heterocycles. The first-order valence-corrected chi connectivity index (χ1v) is 6.18. The van der Waals surface area contributed by atoms with Crippen LogP contribution >= 0.6 is 11.6 Å².